The Kier molecular flexibility index (Phi) is 5.78. The number of piperidine rings is 1. The zero-order valence-corrected chi connectivity index (χ0v) is 17.4. The van der Waals surface area contributed by atoms with Gasteiger partial charge >= 0.3 is 0 Å². The number of carbonyl (C=O) groups excluding carboxylic acids is 1. The van der Waals surface area contributed by atoms with Crippen LogP contribution in [-0.2, 0) is 20.4 Å². The highest BCUT2D eigenvalue weighted by Gasteiger charge is 2.46. The standard InChI is InChI=1S/C22H25NO3S2/c24-22(16-27-15-17-7-3-1-4-8-17)23-18-11-12-19(23)14-21(13-18)28(25,26)20-9-5-2-6-10-20/h1-10,18-19,21H,11-16H2/t18-,19-/m0/s1. The smallest absolute Gasteiger partial charge is 0.233 e. The lowest BCUT2D eigenvalue weighted by Gasteiger charge is -2.38. The van der Waals surface area contributed by atoms with Crippen LogP contribution in [-0.4, -0.2) is 42.3 Å². The molecule has 4 nitrogen and oxygen atoms in total. The molecule has 28 heavy (non-hydrogen) atoms. The minimum absolute atomic E-state index is 0.0621. The van der Waals surface area contributed by atoms with Crippen LogP contribution >= 0.6 is 11.8 Å². The molecule has 0 aliphatic carbocycles. The van der Waals surface area contributed by atoms with Crippen molar-refractivity contribution in [3.8, 4) is 0 Å². The van der Waals surface area contributed by atoms with Crippen LogP contribution in [0.25, 0.3) is 0 Å². The number of carbonyl (C=O) groups is 1. The molecule has 2 heterocycles. The molecule has 6 heteroatoms. The Balaban J connectivity index is 1.38. The minimum Gasteiger partial charge on any atom is -0.336 e. The number of benzene rings is 2. The lowest BCUT2D eigenvalue weighted by atomic mass is 10.0. The number of hydrogen-bond acceptors (Lipinski definition) is 4. The van der Waals surface area contributed by atoms with Crippen molar-refractivity contribution in [1.82, 2.24) is 4.90 Å². The van der Waals surface area contributed by atoms with Crippen LogP contribution in [0.2, 0.25) is 0 Å². The van der Waals surface area contributed by atoms with E-state index in [1.807, 2.05) is 29.2 Å². The Morgan fingerprint density at radius 2 is 1.50 bits per heavy atom. The third-order valence-corrected chi connectivity index (χ3v) is 9.01. The Morgan fingerprint density at radius 1 is 0.929 bits per heavy atom. The van der Waals surface area contributed by atoms with Crippen molar-refractivity contribution in [1.29, 1.82) is 0 Å². The lowest BCUT2D eigenvalue weighted by molar-refractivity contribution is -0.132. The molecule has 2 aliphatic heterocycles. The Hall–Kier alpha value is -1.79. The van der Waals surface area contributed by atoms with Gasteiger partial charge in [-0.05, 0) is 43.4 Å². The molecule has 2 aromatic rings. The highest BCUT2D eigenvalue weighted by molar-refractivity contribution is 7.99. The summed E-state index contributed by atoms with van der Waals surface area (Å²) in [7, 11) is -3.33. The second kappa shape index (κ2) is 8.29. The fraction of sp³-hybridized carbons (Fsp3) is 0.409. The van der Waals surface area contributed by atoms with Gasteiger partial charge in [0.1, 0.15) is 0 Å². The second-order valence-electron chi connectivity index (χ2n) is 7.62. The normalized spacial score (nSPS) is 24.3. The number of fused-ring (bicyclic) bond motifs is 2. The van der Waals surface area contributed by atoms with Gasteiger partial charge < -0.3 is 4.90 Å². The summed E-state index contributed by atoms with van der Waals surface area (Å²) < 4.78 is 26.0. The van der Waals surface area contributed by atoms with Crippen LogP contribution in [0.5, 0.6) is 0 Å². The van der Waals surface area contributed by atoms with Crippen LogP contribution in [0.1, 0.15) is 31.2 Å². The van der Waals surface area contributed by atoms with Gasteiger partial charge in [0, 0.05) is 17.8 Å². The van der Waals surface area contributed by atoms with Gasteiger partial charge in [0.25, 0.3) is 0 Å². The molecule has 2 atom stereocenters. The quantitative estimate of drug-likeness (QED) is 0.718. The molecule has 148 valence electrons. The zero-order chi connectivity index (χ0) is 19.6. The molecule has 2 aliphatic rings. The Morgan fingerprint density at radius 3 is 2.11 bits per heavy atom. The monoisotopic (exact) mass is 415 g/mol. The Bertz CT molecular complexity index is 901. The summed E-state index contributed by atoms with van der Waals surface area (Å²) in [6.07, 6.45) is 2.95. The summed E-state index contributed by atoms with van der Waals surface area (Å²) in [5, 5.41) is -0.381. The number of amides is 1. The molecular formula is C22H25NO3S2. The topological polar surface area (TPSA) is 54.5 Å². The fourth-order valence-corrected chi connectivity index (χ4v) is 7.22. The van der Waals surface area contributed by atoms with E-state index in [-0.39, 0.29) is 23.2 Å². The van der Waals surface area contributed by atoms with Gasteiger partial charge in [-0.1, -0.05) is 48.5 Å². The first-order chi connectivity index (χ1) is 13.6. The number of sulfone groups is 1. The minimum atomic E-state index is -3.33. The summed E-state index contributed by atoms with van der Waals surface area (Å²) in [6, 6.07) is 19.0. The van der Waals surface area contributed by atoms with Gasteiger partial charge in [-0.15, -0.1) is 11.8 Å². The maximum Gasteiger partial charge on any atom is 0.233 e. The molecule has 0 saturated carbocycles. The molecular weight excluding hydrogens is 390 g/mol. The summed E-state index contributed by atoms with van der Waals surface area (Å²) in [4.78, 5) is 15.2. The van der Waals surface area contributed by atoms with Crippen LogP contribution in [0.3, 0.4) is 0 Å². The molecule has 0 spiro atoms. The third-order valence-electron chi connectivity index (χ3n) is 5.83. The molecule has 2 fully saturated rings. The highest BCUT2D eigenvalue weighted by Crippen LogP contribution is 2.40. The van der Waals surface area contributed by atoms with E-state index in [9.17, 15) is 13.2 Å². The van der Waals surface area contributed by atoms with E-state index in [1.165, 1.54) is 5.56 Å². The molecule has 0 unspecified atom stereocenters. The van der Waals surface area contributed by atoms with E-state index in [4.69, 9.17) is 0 Å². The molecule has 0 radical (unpaired) electrons. The summed E-state index contributed by atoms with van der Waals surface area (Å²) in [5.74, 6) is 1.43. The average Bonchev–Trinajstić information content (AvgIpc) is 2.98. The van der Waals surface area contributed by atoms with Gasteiger partial charge in [0.15, 0.2) is 9.84 Å². The largest absolute Gasteiger partial charge is 0.336 e. The number of thioether (sulfide) groups is 1. The van der Waals surface area contributed by atoms with E-state index in [2.05, 4.69) is 12.1 Å². The second-order valence-corrected chi connectivity index (χ2v) is 10.8. The van der Waals surface area contributed by atoms with Gasteiger partial charge in [0.2, 0.25) is 5.91 Å². The van der Waals surface area contributed by atoms with Crippen molar-refractivity contribution in [3.05, 3.63) is 66.2 Å². The fourth-order valence-electron chi connectivity index (χ4n) is 4.50. The molecule has 0 aromatic heterocycles. The van der Waals surface area contributed by atoms with E-state index in [0.29, 0.717) is 23.5 Å². The summed E-state index contributed by atoms with van der Waals surface area (Å²) >= 11 is 1.63. The van der Waals surface area contributed by atoms with Gasteiger partial charge in [-0.2, -0.15) is 0 Å². The van der Waals surface area contributed by atoms with Crippen molar-refractivity contribution >= 4 is 27.5 Å². The molecule has 0 N–H and O–H groups in total. The summed E-state index contributed by atoms with van der Waals surface area (Å²) in [5.41, 5.74) is 1.22. The maximum absolute atomic E-state index is 13.0. The van der Waals surface area contributed by atoms with E-state index in [0.717, 1.165) is 18.6 Å². The van der Waals surface area contributed by atoms with E-state index >= 15 is 0 Å². The predicted molar refractivity (Wildman–Crippen MR) is 113 cm³/mol. The van der Waals surface area contributed by atoms with Crippen LogP contribution in [0.15, 0.2) is 65.6 Å². The third kappa shape index (κ3) is 3.98. The summed E-state index contributed by atoms with van der Waals surface area (Å²) in [6.45, 7) is 0. The average molecular weight is 416 g/mol. The first kappa shape index (κ1) is 19.5. The molecule has 2 aromatic carbocycles. The van der Waals surface area contributed by atoms with Crippen molar-refractivity contribution < 1.29 is 13.2 Å². The van der Waals surface area contributed by atoms with Gasteiger partial charge in [-0.3, -0.25) is 4.79 Å². The van der Waals surface area contributed by atoms with Crippen molar-refractivity contribution in [2.45, 2.75) is 53.7 Å². The number of nitrogens with zero attached hydrogens (tertiary/aromatic N) is 1. The van der Waals surface area contributed by atoms with Gasteiger partial charge in [-0.25, -0.2) is 8.42 Å². The molecule has 1 amide bonds. The van der Waals surface area contributed by atoms with E-state index < -0.39 is 9.84 Å². The molecule has 2 bridgehead atoms. The predicted octanol–water partition coefficient (Wildman–Crippen LogP) is 3.92. The molecule has 4 rings (SSSR count). The van der Waals surface area contributed by atoms with Crippen LogP contribution < -0.4 is 0 Å². The van der Waals surface area contributed by atoms with Crippen LogP contribution in [0.4, 0.5) is 0 Å². The van der Waals surface area contributed by atoms with E-state index in [1.54, 1.807) is 36.0 Å². The zero-order valence-electron chi connectivity index (χ0n) is 15.7. The van der Waals surface area contributed by atoms with Crippen molar-refractivity contribution in [2.24, 2.45) is 0 Å². The number of hydrogen-bond donors (Lipinski definition) is 0. The SMILES string of the molecule is O=C(CSCc1ccccc1)N1[C@H]2CC[C@H]1CC(S(=O)(=O)c1ccccc1)C2. The first-order valence-corrected chi connectivity index (χ1v) is 12.5. The van der Waals surface area contributed by atoms with Gasteiger partial charge in [0.05, 0.1) is 15.9 Å². The Labute approximate surface area is 171 Å². The maximum atomic E-state index is 13.0. The number of rotatable bonds is 6. The van der Waals surface area contributed by atoms with Crippen LogP contribution in [0, 0.1) is 0 Å². The highest BCUT2D eigenvalue weighted by atomic mass is 32.2. The van der Waals surface area contributed by atoms with Crippen molar-refractivity contribution in [2.75, 3.05) is 5.75 Å². The lowest BCUT2D eigenvalue weighted by Crippen LogP contribution is -2.50. The first-order valence-electron chi connectivity index (χ1n) is 9.77. The molecule has 2 saturated heterocycles. The van der Waals surface area contributed by atoms with Crippen molar-refractivity contribution in [3.63, 3.8) is 0 Å².